The number of carbonyl (C=O) groups excluding carboxylic acids is 1. The third-order valence-electron chi connectivity index (χ3n) is 4.35. The lowest BCUT2D eigenvalue weighted by molar-refractivity contribution is -0.132. The number of carboxylic acids is 1. The van der Waals surface area contributed by atoms with Gasteiger partial charge in [0.15, 0.2) is 0 Å². The zero-order valence-corrected chi connectivity index (χ0v) is 17.9. The summed E-state index contributed by atoms with van der Waals surface area (Å²) >= 11 is 5.63. The van der Waals surface area contributed by atoms with Gasteiger partial charge in [-0.2, -0.15) is 0 Å². The largest absolute Gasteiger partial charge is 0.478 e. The number of alkyl halides is 1. The first kappa shape index (κ1) is 25.4. The monoisotopic (exact) mass is 397 g/mol. The fraction of sp³-hybridized carbons (Fsp3) is 0.636. The zero-order chi connectivity index (χ0) is 20.5. The molecular formula is C22H36ClNO3. The van der Waals surface area contributed by atoms with Crippen LogP contribution in [0.1, 0.15) is 72.1 Å². The normalized spacial score (nSPS) is 17.6. The number of aliphatic carboxylic acids is 1. The van der Waals surface area contributed by atoms with Crippen molar-refractivity contribution < 1.29 is 14.7 Å². The number of hydrogen-bond acceptors (Lipinski definition) is 2. The molecule has 154 valence electrons. The molecule has 0 bridgehead atoms. The predicted octanol–water partition coefficient (Wildman–Crippen LogP) is 5.73. The second-order valence-electron chi connectivity index (χ2n) is 6.54. The molecule has 0 aromatic heterocycles. The van der Waals surface area contributed by atoms with Crippen LogP contribution in [0.5, 0.6) is 0 Å². The number of rotatable bonds is 11. The van der Waals surface area contributed by atoms with Crippen LogP contribution in [0.15, 0.2) is 36.0 Å². The maximum Gasteiger partial charge on any atom is 0.331 e. The van der Waals surface area contributed by atoms with Crippen molar-refractivity contribution in [3.63, 3.8) is 0 Å². The van der Waals surface area contributed by atoms with E-state index in [2.05, 4.69) is 19.1 Å². The van der Waals surface area contributed by atoms with Gasteiger partial charge >= 0.3 is 5.97 Å². The summed E-state index contributed by atoms with van der Waals surface area (Å²) in [6.07, 6.45) is 17.6. The van der Waals surface area contributed by atoms with Crippen molar-refractivity contribution in [2.24, 2.45) is 0 Å². The zero-order valence-electron chi connectivity index (χ0n) is 17.1. The summed E-state index contributed by atoms with van der Waals surface area (Å²) in [6, 6.07) is 0.357. The first-order valence-corrected chi connectivity index (χ1v) is 10.6. The summed E-state index contributed by atoms with van der Waals surface area (Å²) in [5.74, 6) is 0.259. The molecule has 4 nitrogen and oxygen atoms in total. The first-order valence-electron chi connectivity index (χ1n) is 10.1. The molecule has 0 aromatic carbocycles. The molecule has 1 N–H and O–H groups in total. The van der Waals surface area contributed by atoms with Crippen molar-refractivity contribution in [2.45, 2.75) is 78.2 Å². The highest BCUT2D eigenvalue weighted by atomic mass is 35.5. The van der Waals surface area contributed by atoms with Crippen molar-refractivity contribution in [1.82, 2.24) is 4.90 Å². The van der Waals surface area contributed by atoms with Gasteiger partial charge in [-0.3, -0.25) is 4.79 Å². The Hall–Kier alpha value is -1.55. The molecule has 0 spiro atoms. The number of nitrogens with zero attached hydrogens (tertiary/aromatic N) is 1. The topological polar surface area (TPSA) is 57.6 Å². The van der Waals surface area contributed by atoms with Gasteiger partial charge in [0.05, 0.1) is 6.04 Å². The summed E-state index contributed by atoms with van der Waals surface area (Å²) < 4.78 is 0. The van der Waals surface area contributed by atoms with Crippen LogP contribution in [-0.2, 0) is 9.59 Å². The predicted molar refractivity (Wildman–Crippen MR) is 114 cm³/mol. The molecule has 1 aliphatic heterocycles. The molecule has 1 saturated heterocycles. The van der Waals surface area contributed by atoms with Gasteiger partial charge in [0, 0.05) is 24.4 Å². The van der Waals surface area contributed by atoms with Gasteiger partial charge in [0.2, 0.25) is 5.91 Å². The van der Waals surface area contributed by atoms with E-state index in [4.69, 9.17) is 16.7 Å². The summed E-state index contributed by atoms with van der Waals surface area (Å²) in [5.41, 5.74) is 0.443. The van der Waals surface area contributed by atoms with E-state index in [0.717, 1.165) is 44.5 Å². The fourth-order valence-corrected chi connectivity index (χ4v) is 3.02. The lowest BCUT2D eigenvalue weighted by Crippen LogP contribution is -2.32. The van der Waals surface area contributed by atoms with Crippen molar-refractivity contribution in [3.05, 3.63) is 36.0 Å². The van der Waals surface area contributed by atoms with Crippen LogP contribution >= 0.6 is 11.6 Å². The van der Waals surface area contributed by atoms with E-state index in [9.17, 15) is 9.59 Å². The van der Waals surface area contributed by atoms with Crippen LogP contribution in [0.4, 0.5) is 0 Å². The lowest BCUT2D eigenvalue weighted by atomic mass is 10.1. The molecule has 0 aromatic rings. The van der Waals surface area contributed by atoms with E-state index in [1.54, 1.807) is 18.2 Å². The highest BCUT2D eigenvalue weighted by Gasteiger charge is 2.27. The number of carboxylic acid groups (broad SMARTS) is 1. The Balaban J connectivity index is 0.000000580. The Kier molecular flexibility index (Phi) is 15.7. The van der Waals surface area contributed by atoms with Crippen LogP contribution in [0.3, 0.4) is 0 Å². The number of unbranched alkanes of at least 4 members (excludes halogenated alkanes) is 3. The number of allylic oxidation sites excluding steroid dienone is 4. The van der Waals surface area contributed by atoms with Crippen LogP contribution in [0, 0.1) is 0 Å². The quantitative estimate of drug-likeness (QED) is 0.159. The van der Waals surface area contributed by atoms with E-state index < -0.39 is 5.97 Å². The van der Waals surface area contributed by atoms with E-state index in [0.29, 0.717) is 23.9 Å². The molecule has 0 aliphatic carbocycles. The van der Waals surface area contributed by atoms with Crippen molar-refractivity contribution in [2.75, 3.05) is 12.4 Å². The van der Waals surface area contributed by atoms with E-state index in [-0.39, 0.29) is 0 Å². The molecular weight excluding hydrogens is 362 g/mol. The Bertz CT molecular complexity index is 512. The second kappa shape index (κ2) is 16.6. The molecule has 1 atom stereocenters. The second-order valence-corrected chi connectivity index (χ2v) is 6.91. The molecule has 0 saturated carbocycles. The molecule has 1 rings (SSSR count). The van der Waals surface area contributed by atoms with Crippen LogP contribution in [0.25, 0.3) is 0 Å². The highest BCUT2D eigenvalue weighted by molar-refractivity contribution is 6.17. The van der Waals surface area contributed by atoms with Crippen molar-refractivity contribution >= 4 is 23.5 Å². The highest BCUT2D eigenvalue weighted by Crippen LogP contribution is 2.20. The van der Waals surface area contributed by atoms with E-state index >= 15 is 0 Å². The van der Waals surface area contributed by atoms with Crippen LogP contribution in [-0.4, -0.2) is 40.3 Å². The Morgan fingerprint density at radius 2 is 2.04 bits per heavy atom. The van der Waals surface area contributed by atoms with Crippen LogP contribution in [0.2, 0.25) is 0 Å². The molecule has 1 fully saturated rings. The summed E-state index contributed by atoms with van der Waals surface area (Å²) in [4.78, 5) is 24.0. The standard InChI is InChI=1S/C14H24ClNO.C8H12O2/c1-2-12-16-13(9-10-14(16)17)8-6-4-3-5-7-11-15;1-3-5-6-7(4-2)8(9)10/h6,8,13H,2-5,7,9-12H2,1H3;3,5-6H,4H2,1-2H3,(H,9,10)/b8-6+;5-3-,7-6+. The molecule has 1 aliphatic rings. The van der Waals surface area contributed by atoms with Crippen molar-refractivity contribution in [1.29, 1.82) is 0 Å². The van der Waals surface area contributed by atoms with Gasteiger partial charge in [-0.15, -0.1) is 11.6 Å². The number of likely N-dealkylation sites (tertiary alicyclic amines) is 1. The molecule has 1 amide bonds. The minimum Gasteiger partial charge on any atom is -0.478 e. The maximum absolute atomic E-state index is 11.6. The summed E-state index contributed by atoms with van der Waals surface area (Å²) in [6.45, 7) is 6.70. The molecule has 1 heterocycles. The molecule has 0 radical (unpaired) electrons. The number of amides is 1. The Morgan fingerprint density at radius 3 is 2.59 bits per heavy atom. The van der Waals surface area contributed by atoms with E-state index in [1.807, 2.05) is 18.7 Å². The van der Waals surface area contributed by atoms with Gasteiger partial charge < -0.3 is 10.0 Å². The van der Waals surface area contributed by atoms with Gasteiger partial charge in [0.25, 0.3) is 0 Å². The number of hydrogen-bond donors (Lipinski definition) is 1. The molecule has 5 heteroatoms. The summed E-state index contributed by atoms with van der Waals surface area (Å²) in [7, 11) is 0. The maximum atomic E-state index is 11.6. The SMILES string of the molecule is C/C=C\C=C(/CC)C(=O)O.CCCN1C(=O)CCC1/C=C/CCCCCCl. The third kappa shape index (κ3) is 11.7. The van der Waals surface area contributed by atoms with Gasteiger partial charge in [-0.25, -0.2) is 4.79 Å². The fourth-order valence-electron chi connectivity index (χ4n) is 2.83. The van der Waals surface area contributed by atoms with Crippen LogP contribution < -0.4 is 0 Å². The first-order chi connectivity index (χ1) is 13.0. The number of halogens is 1. The Labute approximate surface area is 170 Å². The molecule has 1 unspecified atom stereocenters. The summed E-state index contributed by atoms with van der Waals surface area (Å²) in [5, 5.41) is 8.50. The smallest absolute Gasteiger partial charge is 0.331 e. The third-order valence-corrected chi connectivity index (χ3v) is 4.61. The van der Waals surface area contributed by atoms with Gasteiger partial charge in [-0.05, 0) is 45.4 Å². The van der Waals surface area contributed by atoms with Gasteiger partial charge in [-0.1, -0.05) is 50.6 Å². The van der Waals surface area contributed by atoms with Crippen molar-refractivity contribution in [3.8, 4) is 0 Å². The minimum atomic E-state index is -0.833. The average molecular weight is 398 g/mol. The molecule has 27 heavy (non-hydrogen) atoms. The minimum absolute atomic E-state index is 0.323. The Morgan fingerprint density at radius 1 is 1.30 bits per heavy atom. The van der Waals surface area contributed by atoms with E-state index in [1.165, 1.54) is 12.8 Å². The lowest BCUT2D eigenvalue weighted by Gasteiger charge is -2.21. The number of carbonyl (C=O) groups is 2. The van der Waals surface area contributed by atoms with Gasteiger partial charge in [0.1, 0.15) is 0 Å². The average Bonchev–Trinajstić information content (AvgIpc) is 2.99.